The summed E-state index contributed by atoms with van der Waals surface area (Å²) in [4.78, 5) is 24.6. The third kappa shape index (κ3) is 2.85. The van der Waals surface area contributed by atoms with Crippen LogP contribution in [0.4, 0.5) is 0 Å². The topological polar surface area (TPSA) is 89.4 Å². The summed E-state index contributed by atoms with van der Waals surface area (Å²) in [5, 5.41) is 8.10. The van der Waals surface area contributed by atoms with E-state index in [0.29, 0.717) is 29.8 Å². The van der Waals surface area contributed by atoms with Gasteiger partial charge in [-0.3, -0.25) is 14.5 Å². The van der Waals surface area contributed by atoms with Crippen LogP contribution in [0, 0.1) is 6.92 Å². The van der Waals surface area contributed by atoms with Gasteiger partial charge < -0.3 is 8.83 Å². The number of carbonyl (C=O) groups is 2. The first-order chi connectivity index (χ1) is 10.1. The van der Waals surface area contributed by atoms with Crippen LogP contribution in [0.1, 0.15) is 18.6 Å². The SMILES string of the molecule is Cc1occc1-c1nnc(SCC(=O)N2CCCC2=O)o1. The maximum atomic E-state index is 11.9. The quantitative estimate of drug-likeness (QED) is 0.796. The van der Waals surface area contributed by atoms with Gasteiger partial charge in [-0.1, -0.05) is 11.8 Å². The van der Waals surface area contributed by atoms with E-state index in [1.807, 2.05) is 0 Å². The Balaban J connectivity index is 1.62. The fourth-order valence-corrected chi connectivity index (χ4v) is 2.74. The third-order valence-corrected chi connectivity index (χ3v) is 3.99. The zero-order valence-electron chi connectivity index (χ0n) is 11.4. The van der Waals surface area contributed by atoms with Crippen LogP contribution in [0.3, 0.4) is 0 Å². The summed E-state index contributed by atoms with van der Waals surface area (Å²) in [6.07, 6.45) is 2.73. The standard InChI is InChI=1S/C13H13N3O4S/c1-8-9(4-6-19-8)12-14-15-13(20-12)21-7-11(18)16-5-2-3-10(16)17/h4,6H,2-3,5,7H2,1H3. The van der Waals surface area contributed by atoms with Crippen LogP contribution in [-0.4, -0.2) is 39.2 Å². The van der Waals surface area contributed by atoms with E-state index in [1.165, 1.54) is 4.90 Å². The Bertz CT molecular complexity index is 679. The molecule has 0 unspecified atom stereocenters. The van der Waals surface area contributed by atoms with Crippen LogP contribution in [0.5, 0.6) is 0 Å². The lowest BCUT2D eigenvalue weighted by atomic mass is 10.3. The molecule has 2 aromatic rings. The third-order valence-electron chi connectivity index (χ3n) is 3.19. The Kier molecular flexibility index (Phi) is 3.78. The molecule has 8 heteroatoms. The molecule has 0 spiro atoms. The van der Waals surface area contributed by atoms with Crippen LogP contribution in [0.2, 0.25) is 0 Å². The van der Waals surface area contributed by atoms with Crippen LogP contribution in [-0.2, 0) is 9.59 Å². The Morgan fingerprint density at radius 3 is 3.00 bits per heavy atom. The number of aromatic nitrogens is 2. The van der Waals surface area contributed by atoms with Gasteiger partial charge in [-0.2, -0.15) is 0 Å². The van der Waals surface area contributed by atoms with Gasteiger partial charge in [0, 0.05) is 13.0 Å². The minimum Gasteiger partial charge on any atom is -0.469 e. The first kappa shape index (κ1) is 13.9. The first-order valence-corrected chi connectivity index (χ1v) is 7.47. The summed E-state index contributed by atoms with van der Waals surface area (Å²) < 4.78 is 10.6. The molecule has 1 aliphatic heterocycles. The number of likely N-dealkylation sites (tertiary alicyclic amines) is 1. The average Bonchev–Trinajstić information content (AvgIpc) is 3.16. The summed E-state index contributed by atoms with van der Waals surface area (Å²) >= 11 is 1.13. The van der Waals surface area contributed by atoms with Crippen molar-refractivity contribution in [2.24, 2.45) is 0 Å². The summed E-state index contributed by atoms with van der Waals surface area (Å²) in [5.74, 6) is 0.822. The minimum absolute atomic E-state index is 0.109. The van der Waals surface area contributed by atoms with Crippen molar-refractivity contribution in [3.8, 4) is 11.5 Å². The molecule has 21 heavy (non-hydrogen) atoms. The molecule has 2 aromatic heterocycles. The van der Waals surface area contributed by atoms with E-state index in [4.69, 9.17) is 8.83 Å². The summed E-state index contributed by atoms with van der Waals surface area (Å²) in [5.41, 5.74) is 0.732. The van der Waals surface area contributed by atoms with E-state index < -0.39 is 0 Å². The fraction of sp³-hybridized carbons (Fsp3) is 0.385. The van der Waals surface area contributed by atoms with E-state index in [0.717, 1.165) is 23.7 Å². The van der Waals surface area contributed by atoms with E-state index in [9.17, 15) is 9.59 Å². The Hall–Kier alpha value is -2.09. The monoisotopic (exact) mass is 307 g/mol. The number of imide groups is 1. The van der Waals surface area contributed by atoms with E-state index in [1.54, 1.807) is 19.3 Å². The molecule has 0 N–H and O–H groups in total. The second-order valence-electron chi connectivity index (χ2n) is 4.59. The number of furan rings is 1. The normalized spacial score (nSPS) is 14.9. The molecule has 0 aromatic carbocycles. The fourth-order valence-electron chi connectivity index (χ4n) is 2.10. The van der Waals surface area contributed by atoms with Crippen molar-refractivity contribution < 1.29 is 18.4 Å². The second-order valence-corrected chi connectivity index (χ2v) is 5.52. The van der Waals surface area contributed by atoms with Gasteiger partial charge in [0.15, 0.2) is 0 Å². The van der Waals surface area contributed by atoms with Gasteiger partial charge in [-0.25, -0.2) is 0 Å². The predicted molar refractivity (Wildman–Crippen MR) is 73.4 cm³/mol. The molecule has 0 atom stereocenters. The Morgan fingerprint density at radius 1 is 1.48 bits per heavy atom. The molecule has 0 radical (unpaired) electrons. The summed E-state index contributed by atoms with van der Waals surface area (Å²) in [7, 11) is 0. The van der Waals surface area contributed by atoms with Crippen molar-refractivity contribution in [1.82, 2.24) is 15.1 Å². The molecule has 0 saturated carbocycles. The van der Waals surface area contributed by atoms with E-state index >= 15 is 0 Å². The van der Waals surface area contributed by atoms with Crippen molar-refractivity contribution in [3.63, 3.8) is 0 Å². The van der Waals surface area contributed by atoms with Crippen molar-refractivity contribution in [1.29, 1.82) is 0 Å². The zero-order chi connectivity index (χ0) is 14.8. The van der Waals surface area contributed by atoms with Gasteiger partial charge in [-0.15, -0.1) is 10.2 Å². The van der Waals surface area contributed by atoms with Crippen LogP contribution in [0.25, 0.3) is 11.5 Å². The number of rotatable bonds is 4. The second kappa shape index (κ2) is 5.72. The molecule has 2 amide bonds. The Morgan fingerprint density at radius 2 is 2.33 bits per heavy atom. The molecule has 1 saturated heterocycles. The largest absolute Gasteiger partial charge is 0.469 e. The predicted octanol–water partition coefficient (Wildman–Crippen LogP) is 1.88. The van der Waals surface area contributed by atoms with Gasteiger partial charge in [-0.05, 0) is 19.4 Å². The van der Waals surface area contributed by atoms with Crippen LogP contribution >= 0.6 is 11.8 Å². The molecule has 7 nitrogen and oxygen atoms in total. The highest BCUT2D eigenvalue weighted by molar-refractivity contribution is 7.99. The average molecular weight is 307 g/mol. The van der Waals surface area contributed by atoms with Crippen molar-refractivity contribution in [3.05, 3.63) is 18.1 Å². The van der Waals surface area contributed by atoms with E-state index in [-0.39, 0.29) is 17.6 Å². The molecule has 3 rings (SSSR count). The highest BCUT2D eigenvalue weighted by Gasteiger charge is 2.26. The van der Waals surface area contributed by atoms with E-state index in [2.05, 4.69) is 10.2 Å². The summed E-state index contributed by atoms with van der Waals surface area (Å²) in [6.45, 7) is 2.30. The van der Waals surface area contributed by atoms with Crippen LogP contribution < -0.4 is 0 Å². The first-order valence-electron chi connectivity index (χ1n) is 6.49. The molecule has 110 valence electrons. The van der Waals surface area contributed by atoms with Crippen molar-refractivity contribution >= 4 is 23.6 Å². The maximum Gasteiger partial charge on any atom is 0.277 e. The number of amides is 2. The number of aryl methyl sites for hydroxylation is 1. The Labute approximate surface area is 124 Å². The highest BCUT2D eigenvalue weighted by Crippen LogP contribution is 2.26. The zero-order valence-corrected chi connectivity index (χ0v) is 12.2. The molecule has 1 fully saturated rings. The van der Waals surface area contributed by atoms with Crippen molar-refractivity contribution in [2.75, 3.05) is 12.3 Å². The highest BCUT2D eigenvalue weighted by atomic mass is 32.2. The molecule has 1 aliphatic rings. The summed E-state index contributed by atoms with van der Waals surface area (Å²) in [6, 6.07) is 1.74. The smallest absolute Gasteiger partial charge is 0.277 e. The number of carbonyl (C=O) groups excluding carboxylic acids is 2. The number of thioether (sulfide) groups is 1. The van der Waals surface area contributed by atoms with Gasteiger partial charge in [0.05, 0.1) is 17.6 Å². The number of hydrogen-bond donors (Lipinski definition) is 0. The lowest BCUT2D eigenvalue weighted by Gasteiger charge is -2.11. The molecule has 0 bridgehead atoms. The van der Waals surface area contributed by atoms with Gasteiger partial charge in [0.1, 0.15) is 5.76 Å². The minimum atomic E-state index is -0.221. The lowest BCUT2D eigenvalue weighted by Crippen LogP contribution is -2.33. The number of hydrogen-bond acceptors (Lipinski definition) is 7. The molecule has 3 heterocycles. The van der Waals surface area contributed by atoms with Crippen LogP contribution in [0.15, 0.2) is 26.4 Å². The van der Waals surface area contributed by atoms with Crippen molar-refractivity contribution in [2.45, 2.75) is 25.0 Å². The van der Waals surface area contributed by atoms with Gasteiger partial charge in [0.2, 0.25) is 11.8 Å². The maximum absolute atomic E-state index is 11.9. The van der Waals surface area contributed by atoms with Gasteiger partial charge in [0.25, 0.3) is 11.1 Å². The molecule has 0 aliphatic carbocycles. The molecular formula is C13H13N3O4S. The number of nitrogens with zero attached hydrogens (tertiary/aromatic N) is 3. The molecular weight excluding hydrogens is 294 g/mol. The van der Waals surface area contributed by atoms with Gasteiger partial charge >= 0.3 is 0 Å². The lowest BCUT2D eigenvalue weighted by molar-refractivity contribution is -0.140.